The van der Waals surface area contributed by atoms with Crippen molar-refractivity contribution >= 4 is 5.78 Å². The van der Waals surface area contributed by atoms with Gasteiger partial charge in [-0.25, -0.2) is 0 Å². The van der Waals surface area contributed by atoms with Crippen molar-refractivity contribution in [3.8, 4) is 0 Å². The van der Waals surface area contributed by atoms with Gasteiger partial charge in [-0.15, -0.1) is 0 Å². The van der Waals surface area contributed by atoms with Gasteiger partial charge in [0.25, 0.3) is 0 Å². The molecule has 1 heterocycles. The van der Waals surface area contributed by atoms with Crippen LogP contribution in [0.4, 0.5) is 0 Å². The van der Waals surface area contributed by atoms with Crippen molar-refractivity contribution in [1.82, 2.24) is 5.32 Å². The van der Waals surface area contributed by atoms with Gasteiger partial charge in [-0.2, -0.15) is 0 Å². The molecule has 2 heteroatoms. The van der Waals surface area contributed by atoms with E-state index in [0.29, 0.717) is 11.7 Å². The van der Waals surface area contributed by atoms with Crippen LogP contribution in [-0.4, -0.2) is 18.4 Å². The first-order valence-corrected chi connectivity index (χ1v) is 6.04. The minimum Gasteiger partial charge on any atom is -0.307 e. The molecule has 0 bridgehead atoms. The molecule has 80 valence electrons. The summed E-state index contributed by atoms with van der Waals surface area (Å²) in [5.41, 5.74) is 0. The highest BCUT2D eigenvalue weighted by atomic mass is 16.1. The molecule has 2 rings (SSSR count). The third kappa shape index (κ3) is 2.17. The van der Waals surface area contributed by atoms with E-state index in [4.69, 9.17) is 0 Å². The number of Topliss-reactive ketones (excluding diaryl/α,β-unsaturated/α-hetero) is 1. The Morgan fingerprint density at radius 3 is 2.71 bits per heavy atom. The maximum absolute atomic E-state index is 12.1. The molecule has 2 fully saturated rings. The van der Waals surface area contributed by atoms with E-state index in [1.807, 2.05) is 0 Å². The van der Waals surface area contributed by atoms with Gasteiger partial charge in [0.15, 0.2) is 5.78 Å². The molecule has 3 unspecified atom stereocenters. The normalized spacial score (nSPS) is 38.5. The van der Waals surface area contributed by atoms with Crippen molar-refractivity contribution in [3.63, 3.8) is 0 Å². The summed E-state index contributed by atoms with van der Waals surface area (Å²) in [6.07, 6.45) is 7.10. The molecule has 1 aliphatic carbocycles. The lowest BCUT2D eigenvalue weighted by molar-refractivity contribution is -0.126. The maximum Gasteiger partial charge on any atom is 0.152 e. The van der Waals surface area contributed by atoms with Crippen LogP contribution in [0.3, 0.4) is 0 Å². The Bertz CT molecular complexity index is 208. The molecule has 0 spiro atoms. The average molecular weight is 195 g/mol. The van der Waals surface area contributed by atoms with Crippen LogP contribution in [0.15, 0.2) is 0 Å². The summed E-state index contributed by atoms with van der Waals surface area (Å²) in [6.45, 7) is 3.32. The lowest BCUT2D eigenvalue weighted by Crippen LogP contribution is -2.37. The number of ketones is 1. The molecule has 0 amide bonds. The summed E-state index contributed by atoms with van der Waals surface area (Å²) in [5.74, 6) is 1.64. The third-order valence-electron chi connectivity index (χ3n) is 3.74. The van der Waals surface area contributed by atoms with E-state index in [-0.39, 0.29) is 6.04 Å². The van der Waals surface area contributed by atoms with E-state index in [0.717, 1.165) is 31.7 Å². The van der Waals surface area contributed by atoms with Crippen molar-refractivity contribution < 1.29 is 4.79 Å². The van der Waals surface area contributed by atoms with Crippen LogP contribution in [0.5, 0.6) is 0 Å². The first-order valence-electron chi connectivity index (χ1n) is 6.04. The first kappa shape index (κ1) is 10.2. The fraction of sp³-hybridized carbons (Fsp3) is 0.917. The van der Waals surface area contributed by atoms with E-state index in [2.05, 4.69) is 12.2 Å². The predicted molar refractivity (Wildman–Crippen MR) is 57.2 cm³/mol. The Morgan fingerprint density at radius 2 is 2.07 bits per heavy atom. The molecule has 1 saturated heterocycles. The molecule has 3 atom stereocenters. The van der Waals surface area contributed by atoms with Crippen LogP contribution >= 0.6 is 0 Å². The zero-order chi connectivity index (χ0) is 9.97. The highest BCUT2D eigenvalue weighted by Crippen LogP contribution is 2.30. The fourth-order valence-electron chi connectivity index (χ4n) is 2.90. The zero-order valence-corrected chi connectivity index (χ0v) is 9.09. The first-order chi connectivity index (χ1) is 6.77. The molecule has 0 aromatic heterocycles. The van der Waals surface area contributed by atoms with Gasteiger partial charge in [-0.3, -0.25) is 4.79 Å². The van der Waals surface area contributed by atoms with Gasteiger partial charge in [0.1, 0.15) is 0 Å². The van der Waals surface area contributed by atoms with E-state index in [9.17, 15) is 4.79 Å². The third-order valence-corrected chi connectivity index (χ3v) is 3.74. The Labute approximate surface area is 86.5 Å². The highest BCUT2D eigenvalue weighted by Gasteiger charge is 2.31. The molecular weight excluding hydrogens is 174 g/mol. The smallest absolute Gasteiger partial charge is 0.152 e. The Morgan fingerprint density at radius 1 is 1.21 bits per heavy atom. The summed E-state index contributed by atoms with van der Waals surface area (Å²) < 4.78 is 0. The SMILES string of the molecule is CC1CCCC(C(=O)C2CCCN2)C1. The quantitative estimate of drug-likeness (QED) is 0.731. The number of carbonyl (C=O) groups is 1. The topological polar surface area (TPSA) is 29.1 Å². The minimum absolute atomic E-state index is 0.199. The lowest BCUT2D eigenvalue weighted by Gasteiger charge is -2.27. The van der Waals surface area contributed by atoms with Crippen LogP contribution in [0.2, 0.25) is 0 Å². The van der Waals surface area contributed by atoms with Gasteiger partial charge in [0.2, 0.25) is 0 Å². The molecule has 0 aromatic rings. The highest BCUT2D eigenvalue weighted by molar-refractivity contribution is 5.86. The number of hydrogen-bond donors (Lipinski definition) is 1. The van der Waals surface area contributed by atoms with Crippen molar-refractivity contribution in [1.29, 1.82) is 0 Å². The Hall–Kier alpha value is -0.370. The maximum atomic E-state index is 12.1. The minimum atomic E-state index is 0.199. The fourth-order valence-corrected chi connectivity index (χ4v) is 2.90. The van der Waals surface area contributed by atoms with Crippen molar-refractivity contribution in [2.24, 2.45) is 11.8 Å². The standard InChI is InChI=1S/C12H21NO/c1-9-4-2-5-10(8-9)12(14)11-6-3-7-13-11/h9-11,13H,2-8H2,1H3. The average Bonchev–Trinajstić information content (AvgIpc) is 2.69. The molecule has 1 N–H and O–H groups in total. The van der Waals surface area contributed by atoms with E-state index in [1.54, 1.807) is 0 Å². The van der Waals surface area contributed by atoms with Crippen LogP contribution in [0.25, 0.3) is 0 Å². The summed E-state index contributed by atoms with van der Waals surface area (Å²) in [7, 11) is 0. The lowest BCUT2D eigenvalue weighted by atomic mass is 9.78. The van der Waals surface area contributed by atoms with Crippen molar-refractivity contribution in [2.45, 2.75) is 51.5 Å². The summed E-state index contributed by atoms with van der Waals surface area (Å²) in [6, 6.07) is 0.199. The van der Waals surface area contributed by atoms with E-state index < -0.39 is 0 Å². The second-order valence-electron chi connectivity index (χ2n) is 5.02. The summed E-state index contributed by atoms with van der Waals surface area (Å²) in [4.78, 5) is 12.1. The monoisotopic (exact) mass is 195 g/mol. The van der Waals surface area contributed by atoms with Gasteiger partial charge in [-0.1, -0.05) is 19.8 Å². The zero-order valence-electron chi connectivity index (χ0n) is 9.09. The number of rotatable bonds is 2. The van der Waals surface area contributed by atoms with Gasteiger partial charge in [0.05, 0.1) is 6.04 Å². The van der Waals surface area contributed by atoms with Gasteiger partial charge in [0, 0.05) is 5.92 Å². The van der Waals surface area contributed by atoms with Crippen LogP contribution < -0.4 is 5.32 Å². The van der Waals surface area contributed by atoms with Crippen LogP contribution in [-0.2, 0) is 4.79 Å². The number of carbonyl (C=O) groups excluding carboxylic acids is 1. The molecule has 1 saturated carbocycles. The molecule has 0 aromatic carbocycles. The molecule has 1 aliphatic heterocycles. The van der Waals surface area contributed by atoms with Crippen molar-refractivity contribution in [2.75, 3.05) is 6.54 Å². The predicted octanol–water partition coefficient (Wildman–Crippen LogP) is 2.13. The molecule has 14 heavy (non-hydrogen) atoms. The Balaban J connectivity index is 1.89. The van der Waals surface area contributed by atoms with Crippen LogP contribution in [0, 0.1) is 11.8 Å². The largest absolute Gasteiger partial charge is 0.307 e. The second kappa shape index (κ2) is 4.43. The molecule has 0 radical (unpaired) electrons. The molecule has 2 nitrogen and oxygen atoms in total. The molecular formula is C12H21NO. The Kier molecular flexibility index (Phi) is 3.22. The number of hydrogen-bond acceptors (Lipinski definition) is 2. The van der Waals surface area contributed by atoms with Crippen molar-refractivity contribution in [3.05, 3.63) is 0 Å². The van der Waals surface area contributed by atoms with E-state index >= 15 is 0 Å². The van der Waals surface area contributed by atoms with Gasteiger partial charge >= 0.3 is 0 Å². The summed E-state index contributed by atoms with van der Waals surface area (Å²) >= 11 is 0. The summed E-state index contributed by atoms with van der Waals surface area (Å²) in [5, 5.41) is 3.32. The van der Waals surface area contributed by atoms with Crippen LogP contribution in [0.1, 0.15) is 45.4 Å². The van der Waals surface area contributed by atoms with E-state index in [1.165, 1.54) is 19.3 Å². The molecule has 2 aliphatic rings. The van der Waals surface area contributed by atoms with Gasteiger partial charge in [-0.05, 0) is 38.1 Å². The van der Waals surface area contributed by atoms with Gasteiger partial charge < -0.3 is 5.32 Å². The number of nitrogens with one attached hydrogen (secondary N) is 1. The second-order valence-corrected chi connectivity index (χ2v) is 5.02.